The molecule has 2 amide bonds. The van der Waals surface area contributed by atoms with Crippen LogP contribution in [-0.2, 0) is 19.7 Å². The number of rotatable bonds is 6. The summed E-state index contributed by atoms with van der Waals surface area (Å²) < 4.78 is 4.83. The van der Waals surface area contributed by atoms with E-state index in [-0.39, 0.29) is 12.0 Å². The molecule has 0 radical (unpaired) electrons. The monoisotopic (exact) mass is 399 g/mol. The van der Waals surface area contributed by atoms with Crippen molar-refractivity contribution in [2.75, 3.05) is 18.5 Å². The summed E-state index contributed by atoms with van der Waals surface area (Å²) in [5.74, 6) is -1.70. The molecule has 1 aromatic heterocycles. The fourth-order valence-corrected chi connectivity index (χ4v) is 2.98. The fraction of sp³-hybridized carbons (Fsp3) is 0.300. The molecule has 0 aliphatic rings. The highest BCUT2D eigenvalue weighted by Gasteiger charge is 2.15. The predicted octanol–water partition coefficient (Wildman–Crippen LogP) is 2.83. The molecule has 28 heavy (non-hydrogen) atoms. The zero-order chi connectivity index (χ0) is 20.7. The maximum absolute atomic E-state index is 12.1. The molecular formula is C20H21N3O4S. The van der Waals surface area contributed by atoms with Gasteiger partial charge < -0.3 is 15.4 Å². The van der Waals surface area contributed by atoms with Gasteiger partial charge in [0.15, 0.2) is 6.61 Å². The van der Waals surface area contributed by atoms with Gasteiger partial charge in [0.1, 0.15) is 17.6 Å². The van der Waals surface area contributed by atoms with E-state index in [1.54, 1.807) is 23.6 Å². The number of ether oxygens (including phenoxy) is 1. The number of nitriles is 1. The van der Waals surface area contributed by atoms with Gasteiger partial charge in [-0.05, 0) is 34.6 Å². The van der Waals surface area contributed by atoms with Crippen molar-refractivity contribution in [2.24, 2.45) is 0 Å². The number of anilines is 1. The Kier molecular flexibility index (Phi) is 6.90. The third-order valence-electron chi connectivity index (χ3n) is 3.81. The summed E-state index contributed by atoms with van der Waals surface area (Å²) in [6.07, 6.45) is 0. The Morgan fingerprint density at radius 3 is 2.43 bits per heavy atom. The van der Waals surface area contributed by atoms with Gasteiger partial charge in [0.2, 0.25) is 0 Å². The van der Waals surface area contributed by atoms with Crippen molar-refractivity contribution < 1.29 is 19.1 Å². The summed E-state index contributed by atoms with van der Waals surface area (Å²) >= 11 is 1.20. The van der Waals surface area contributed by atoms with Crippen LogP contribution in [-0.4, -0.2) is 30.9 Å². The second-order valence-electron chi connectivity index (χ2n) is 6.99. The van der Waals surface area contributed by atoms with Crippen LogP contribution in [0.3, 0.4) is 0 Å². The summed E-state index contributed by atoms with van der Waals surface area (Å²) in [6, 6.07) is 10.7. The number of hydrogen-bond donors (Lipinski definition) is 2. The molecule has 1 aromatic carbocycles. The highest BCUT2D eigenvalue weighted by Crippen LogP contribution is 2.22. The lowest BCUT2D eigenvalue weighted by molar-refractivity contribution is -0.146. The number of carbonyl (C=O) groups is 3. The van der Waals surface area contributed by atoms with Gasteiger partial charge in [-0.3, -0.25) is 14.4 Å². The molecule has 1 heterocycles. The summed E-state index contributed by atoms with van der Waals surface area (Å²) in [7, 11) is 0. The SMILES string of the molecule is CC(C)(C)c1ccc(C(=O)NCC(=O)OCC(=O)Nc2sccc2C#N)cc1. The zero-order valence-electron chi connectivity index (χ0n) is 15.9. The Bertz CT molecular complexity index is 905. The molecule has 2 aromatic rings. The van der Waals surface area contributed by atoms with E-state index in [1.807, 2.05) is 18.2 Å². The number of hydrogen-bond acceptors (Lipinski definition) is 6. The van der Waals surface area contributed by atoms with Crippen LogP contribution in [0.15, 0.2) is 35.7 Å². The van der Waals surface area contributed by atoms with Crippen molar-refractivity contribution in [3.63, 3.8) is 0 Å². The molecule has 146 valence electrons. The van der Waals surface area contributed by atoms with Crippen LogP contribution in [0.4, 0.5) is 5.00 Å². The number of nitrogens with zero attached hydrogens (tertiary/aromatic N) is 1. The van der Waals surface area contributed by atoms with E-state index in [4.69, 9.17) is 10.00 Å². The Balaban J connectivity index is 1.76. The number of amides is 2. The van der Waals surface area contributed by atoms with Crippen molar-refractivity contribution in [3.8, 4) is 6.07 Å². The van der Waals surface area contributed by atoms with Crippen LogP contribution < -0.4 is 10.6 Å². The molecular weight excluding hydrogens is 378 g/mol. The summed E-state index contributed by atoms with van der Waals surface area (Å²) in [5, 5.41) is 15.9. The molecule has 0 saturated carbocycles. The minimum absolute atomic E-state index is 0.0174. The maximum Gasteiger partial charge on any atom is 0.325 e. The first-order chi connectivity index (χ1) is 13.2. The average Bonchev–Trinajstić information content (AvgIpc) is 3.10. The molecule has 8 heteroatoms. The predicted molar refractivity (Wildman–Crippen MR) is 106 cm³/mol. The van der Waals surface area contributed by atoms with E-state index in [9.17, 15) is 14.4 Å². The second kappa shape index (κ2) is 9.15. The first-order valence-electron chi connectivity index (χ1n) is 8.52. The lowest BCUT2D eigenvalue weighted by Crippen LogP contribution is -2.32. The van der Waals surface area contributed by atoms with Gasteiger partial charge >= 0.3 is 5.97 Å². The zero-order valence-corrected chi connectivity index (χ0v) is 16.7. The normalized spacial score (nSPS) is 10.6. The standard InChI is InChI=1S/C20H21N3O4S/c1-20(2,3)15-6-4-13(5-7-15)18(26)22-11-17(25)27-12-16(24)23-19-14(10-21)8-9-28-19/h4-9H,11-12H2,1-3H3,(H,22,26)(H,23,24). The molecule has 0 fully saturated rings. The van der Waals surface area contributed by atoms with E-state index in [0.717, 1.165) is 5.56 Å². The van der Waals surface area contributed by atoms with Crippen LogP contribution in [0.25, 0.3) is 0 Å². The molecule has 0 spiro atoms. The number of carbonyl (C=O) groups excluding carboxylic acids is 3. The number of esters is 1. The minimum atomic E-state index is -0.735. The minimum Gasteiger partial charge on any atom is -0.454 e. The van der Waals surface area contributed by atoms with Crippen molar-refractivity contribution in [3.05, 3.63) is 52.4 Å². The Hall–Kier alpha value is -3.18. The molecule has 0 saturated heterocycles. The lowest BCUT2D eigenvalue weighted by Gasteiger charge is -2.19. The maximum atomic E-state index is 12.1. The van der Waals surface area contributed by atoms with Gasteiger partial charge in [-0.25, -0.2) is 0 Å². The molecule has 7 nitrogen and oxygen atoms in total. The van der Waals surface area contributed by atoms with E-state index in [0.29, 0.717) is 16.1 Å². The van der Waals surface area contributed by atoms with Crippen molar-refractivity contribution in [1.82, 2.24) is 5.32 Å². The Morgan fingerprint density at radius 2 is 1.82 bits per heavy atom. The van der Waals surface area contributed by atoms with Crippen molar-refractivity contribution in [2.45, 2.75) is 26.2 Å². The van der Waals surface area contributed by atoms with Crippen LogP contribution >= 0.6 is 11.3 Å². The number of thiophene rings is 1. The number of benzene rings is 1. The van der Waals surface area contributed by atoms with Gasteiger partial charge in [0, 0.05) is 5.56 Å². The van der Waals surface area contributed by atoms with Crippen LogP contribution in [0.2, 0.25) is 0 Å². The van der Waals surface area contributed by atoms with Gasteiger partial charge in [-0.1, -0.05) is 32.9 Å². The Labute approximate surface area is 167 Å². The van der Waals surface area contributed by atoms with Crippen LogP contribution in [0.1, 0.15) is 42.3 Å². The molecule has 0 aliphatic heterocycles. The molecule has 2 rings (SSSR count). The third kappa shape index (κ3) is 5.93. The highest BCUT2D eigenvalue weighted by atomic mass is 32.1. The number of nitrogens with one attached hydrogen (secondary N) is 2. The fourth-order valence-electron chi connectivity index (χ4n) is 2.23. The molecule has 0 atom stereocenters. The van der Waals surface area contributed by atoms with Gasteiger partial charge in [0.05, 0.1) is 5.56 Å². The summed E-state index contributed by atoms with van der Waals surface area (Å²) in [4.78, 5) is 35.6. The van der Waals surface area contributed by atoms with Crippen molar-refractivity contribution in [1.29, 1.82) is 5.26 Å². The third-order valence-corrected chi connectivity index (χ3v) is 4.64. The van der Waals surface area contributed by atoms with Gasteiger partial charge in [0.25, 0.3) is 11.8 Å². The van der Waals surface area contributed by atoms with E-state index >= 15 is 0 Å². The van der Waals surface area contributed by atoms with E-state index in [2.05, 4.69) is 31.4 Å². The van der Waals surface area contributed by atoms with Gasteiger partial charge in [-0.15, -0.1) is 11.3 Å². The topological polar surface area (TPSA) is 108 Å². The van der Waals surface area contributed by atoms with E-state index in [1.165, 1.54) is 11.3 Å². The van der Waals surface area contributed by atoms with Crippen LogP contribution in [0.5, 0.6) is 0 Å². The van der Waals surface area contributed by atoms with Crippen LogP contribution in [0, 0.1) is 11.3 Å². The molecule has 0 unspecified atom stereocenters. The average molecular weight is 399 g/mol. The lowest BCUT2D eigenvalue weighted by atomic mass is 9.87. The molecule has 0 bridgehead atoms. The first kappa shape index (κ1) is 21.1. The summed E-state index contributed by atoms with van der Waals surface area (Å²) in [6.45, 7) is 5.38. The first-order valence-corrected chi connectivity index (χ1v) is 9.40. The van der Waals surface area contributed by atoms with Crippen molar-refractivity contribution >= 4 is 34.1 Å². The Morgan fingerprint density at radius 1 is 1.14 bits per heavy atom. The highest BCUT2D eigenvalue weighted by molar-refractivity contribution is 7.14. The quantitative estimate of drug-likeness (QED) is 0.726. The van der Waals surface area contributed by atoms with E-state index < -0.39 is 24.4 Å². The smallest absolute Gasteiger partial charge is 0.325 e. The molecule has 2 N–H and O–H groups in total. The largest absolute Gasteiger partial charge is 0.454 e. The second-order valence-corrected chi connectivity index (χ2v) is 7.91. The van der Waals surface area contributed by atoms with Gasteiger partial charge in [-0.2, -0.15) is 5.26 Å². The molecule has 0 aliphatic carbocycles. The summed E-state index contributed by atoms with van der Waals surface area (Å²) in [5.41, 5.74) is 1.85.